The molecule has 0 amide bonds. The van der Waals surface area contributed by atoms with Crippen molar-refractivity contribution in [2.75, 3.05) is 0 Å². The van der Waals surface area contributed by atoms with E-state index in [0.717, 1.165) is 72.1 Å². The van der Waals surface area contributed by atoms with Crippen molar-refractivity contribution in [3.8, 4) is 34.2 Å². The van der Waals surface area contributed by atoms with E-state index in [0.29, 0.717) is 11.6 Å². The highest BCUT2D eigenvalue weighted by molar-refractivity contribution is 7.27. The van der Waals surface area contributed by atoms with Crippen molar-refractivity contribution in [2.45, 2.75) is 48.5 Å². The van der Waals surface area contributed by atoms with Crippen LogP contribution in [0.15, 0.2) is 298 Å². The van der Waals surface area contributed by atoms with Gasteiger partial charge in [-0.3, -0.25) is 15.0 Å². The molecule has 10 aromatic carbocycles. The van der Waals surface area contributed by atoms with Gasteiger partial charge in [-0.05, 0) is 132 Å². The normalized spacial score (nSPS) is 11.1. The highest BCUT2D eigenvalue weighted by Crippen LogP contribution is 2.40. The highest BCUT2D eigenvalue weighted by Gasteiger charge is 2.15. The van der Waals surface area contributed by atoms with Gasteiger partial charge in [0.25, 0.3) is 0 Å². The first-order valence-corrected chi connectivity index (χ1v) is 40.5. The number of nitrogens with zero attached hydrogens (tertiary/aromatic N) is 10. The van der Waals surface area contributed by atoms with E-state index in [1.165, 1.54) is 112 Å². The van der Waals surface area contributed by atoms with Gasteiger partial charge in [0.1, 0.15) is 16.5 Å². The third kappa shape index (κ3) is 15.5. The van der Waals surface area contributed by atoms with Crippen molar-refractivity contribution < 1.29 is 0 Å². The number of pyridine rings is 3. The van der Waals surface area contributed by atoms with E-state index >= 15 is 0 Å². The van der Waals surface area contributed by atoms with Gasteiger partial charge in [-0.2, -0.15) is 0 Å². The molecule has 0 bridgehead atoms. The van der Waals surface area contributed by atoms with E-state index in [-0.39, 0.29) is 0 Å². The van der Waals surface area contributed by atoms with Crippen LogP contribution >= 0.6 is 68.0 Å². The zero-order valence-electron chi connectivity index (χ0n) is 60.7. The lowest BCUT2D eigenvalue weighted by Crippen LogP contribution is -1.99. The average molecular weight is 1520 g/mol. The molecule has 0 aliphatic heterocycles. The monoisotopic (exact) mass is 1520 g/mol. The summed E-state index contributed by atoms with van der Waals surface area (Å²) in [5.41, 5.74) is 13.9. The quantitative estimate of drug-likeness (QED) is 0.169. The summed E-state index contributed by atoms with van der Waals surface area (Å²) in [6, 6.07) is 93.6. The first-order chi connectivity index (χ1) is 53.4. The number of hydrogen-bond donors (Lipinski definition) is 0. The van der Waals surface area contributed by atoms with Crippen molar-refractivity contribution in [3.63, 3.8) is 0 Å². The largest absolute Gasteiger partial charge is 0.255 e. The fraction of sp³-hybridized carbons (Fsp3) is 0.0753. The standard InChI is InChI=1S/C17H12N2S.C16H13N3.C13H10S.3C12H9NS.C11H8N2S/c1-11-16-15(13-9-5-6-10-14(13)20-16)19-17(18-11)12-7-3-2-4-8-12;1-12-17-15(13-8-4-2-5-9-13)19-16(18-12)14-10-6-3-7-11-14;1-9-5-4-7-11-10-6-2-3-8-12(10)14-13(9)11;1-8-4-5-10-9(7-8)12-11(14-10)3-2-6-13-12;2*1-8-6-7-13-11-9-4-2-3-5-10(9)14-12(8)11;1-7-12-6-9-8-4-2-3-5-10(8)14-11(9)13-7/h2-10H,1H3;2-11H,1H3;2-8H,1H3;3*2-7H,1H3;2-6H,1H3. The number of hydrogen-bond acceptors (Lipinski definition) is 16. The van der Waals surface area contributed by atoms with Crippen LogP contribution in [0.25, 0.3) is 156 Å². The number of thiophene rings is 6. The van der Waals surface area contributed by atoms with Gasteiger partial charge < -0.3 is 0 Å². The molecule has 10 nitrogen and oxygen atoms in total. The third-order valence-electron chi connectivity index (χ3n) is 18.4. The topological polar surface area (TPSA) is 129 Å². The van der Waals surface area contributed by atoms with Crippen LogP contribution in [-0.4, -0.2) is 49.8 Å². The summed E-state index contributed by atoms with van der Waals surface area (Å²) >= 11 is 10.8. The van der Waals surface area contributed by atoms with Gasteiger partial charge in [-0.1, -0.05) is 212 Å². The Hall–Kier alpha value is -11.9. The summed E-state index contributed by atoms with van der Waals surface area (Å²) in [4.78, 5) is 45.9. The fourth-order valence-electron chi connectivity index (χ4n) is 13.0. The van der Waals surface area contributed by atoms with Gasteiger partial charge >= 0.3 is 0 Å². The van der Waals surface area contributed by atoms with Crippen LogP contribution in [0, 0.1) is 48.5 Å². The maximum Gasteiger partial charge on any atom is 0.163 e. The van der Waals surface area contributed by atoms with E-state index in [1.807, 2.05) is 175 Å². The second-order valence-electron chi connectivity index (χ2n) is 26.1. The molecule has 0 radical (unpaired) electrons. The van der Waals surface area contributed by atoms with E-state index in [4.69, 9.17) is 4.98 Å². The van der Waals surface area contributed by atoms with Gasteiger partial charge in [0.2, 0.25) is 0 Å². The smallest absolute Gasteiger partial charge is 0.163 e. The Bertz CT molecular complexity index is 6640. The Kier molecular flexibility index (Phi) is 21.2. The summed E-state index contributed by atoms with van der Waals surface area (Å²) < 4.78 is 14.4. The van der Waals surface area contributed by atoms with Crippen LogP contribution in [-0.2, 0) is 0 Å². The second-order valence-corrected chi connectivity index (χ2v) is 32.4. The van der Waals surface area contributed by atoms with Crippen LogP contribution in [0.5, 0.6) is 0 Å². The maximum absolute atomic E-state index is 4.79. The minimum absolute atomic E-state index is 0.715. The SMILES string of the molecule is Cc1ccc2sc3cccnc3c2c1.Cc1cccc2c1sc1ccccc12.Cc1ccnc2c1sc1ccccc12.Cc1ccnc2c1sc1ccccc12.Cc1nc(-c2ccccc2)nc(-c2ccccc2)n1.Cc1nc(-c2ccccc2)nc2c1sc1ccccc12.Cc1ncc2c(n1)sc1ccccc12. The molecule has 528 valence electrons. The zero-order valence-corrected chi connectivity index (χ0v) is 65.6. The Balaban J connectivity index is 0.0000000973. The Morgan fingerprint density at radius 3 is 1.21 bits per heavy atom. The molecule has 0 aliphatic carbocycles. The van der Waals surface area contributed by atoms with Crippen molar-refractivity contribution in [1.29, 1.82) is 0 Å². The first-order valence-electron chi connectivity index (χ1n) is 35.6. The fourth-order valence-corrected chi connectivity index (χ4v) is 19.7. The van der Waals surface area contributed by atoms with Crippen LogP contribution in [0.4, 0.5) is 0 Å². The molecule has 0 unspecified atom stereocenters. The van der Waals surface area contributed by atoms with Crippen LogP contribution in [0.1, 0.15) is 39.6 Å². The minimum Gasteiger partial charge on any atom is -0.255 e. The molecular weight excluding hydrogens is 1450 g/mol. The number of fused-ring (bicyclic) bond motifs is 18. The van der Waals surface area contributed by atoms with Gasteiger partial charge in [0, 0.05) is 117 Å². The molecule has 16 heteroatoms. The molecule has 109 heavy (non-hydrogen) atoms. The maximum atomic E-state index is 4.79. The second kappa shape index (κ2) is 32.3. The predicted molar refractivity (Wildman–Crippen MR) is 470 cm³/mol. The number of aryl methyl sites for hydroxylation is 7. The van der Waals surface area contributed by atoms with Gasteiger partial charge in [0.15, 0.2) is 17.5 Å². The average Bonchev–Trinajstić information content (AvgIpc) is 1.74. The lowest BCUT2D eigenvalue weighted by atomic mass is 10.1. The van der Waals surface area contributed by atoms with Crippen molar-refractivity contribution in [3.05, 3.63) is 337 Å². The molecule has 12 heterocycles. The molecular formula is C93H70N10S6. The molecule has 0 aliphatic rings. The first kappa shape index (κ1) is 71.4. The van der Waals surface area contributed by atoms with E-state index in [9.17, 15) is 0 Å². The molecule has 0 fully saturated rings. The summed E-state index contributed by atoms with van der Waals surface area (Å²) in [5, 5.41) is 10.2. The number of rotatable bonds is 3. The number of aromatic nitrogens is 10. The predicted octanol–water partition coefficient (Wildman–Crippen LogP) is 27.1. The van der Waals surface area contributed by atoms with Crippen LogP contribution < -0.4 is 0 Å². The highest BCUT2D eigenvalue weighted by atomic mass is 32.1. The van der Waals surface area contributed by atoms with Gasteiger partial charge in [-0.25, -0.2) is 34.9 Å². The molecule has 22 aromatic rings. The Labute approximate surface area is 654 Å². The van der Waals surface area contributed by atoms with Crippen molar-refractivity contribution in [1.82, 2.24) is 49.8 Å². The lowest BCUT2D eigenvalue weighted by molar-refractivity contribution is 0.992. The molecule has 0 atom stereocenters. The molecule has 12 aromatic heterocycles. The summed E-state index contributed by atoms with van der Waals surface area (Å²) in [6.07, 6.45) is 7.54. The van der Waals surface area contributed by atoms with Gasteiger partial charge in [0.05, 0.1) is 46.6 Å². The Morgan fingerprint density at radius 1 is 0.229 bits per heavy atom. The van der Waals surface area contributed by atoms with E-state index < -0.39 is 0 Å². The summed E-state index contributed by atoms with van der Waals surface area (Å²) in [5.74, 6) is 3.80. The molecule has 0 N–H and O–H groups in total. The summed E-state index contributed by atoms with van der Waals surface area (Å²) in [6.45, 7) is 14.4. The van der Waals surface area contributed by atoms with E-state index in [1.54, 1.807) is 22.7 Å². The van der Waals surface area contributed by atoms with Crippen molar-refractivity contribution in [2.24, 2.45) is 0 Å². The third-order valence-corrected chi connectivity index (χ3v) is 25.8. The van der Waals surface area contributed by atoms with Crippen molar-refractivity contribution >= 4 is 190 Å². The van der Waals surface area contributed by atoms with Crippen LogP contribution in [0.3, 0.4) is 0 Å². The number of benzene rings is 10. The molecule has 0 saturated carbocycles. The van der Waals surface area contributed by atoms with Gasteiger partial charge in [-0.15, -0.1) is 68.0 Å². The van der Waals surface area contributed by atoms with E-state index in [2.05, 4.69) is 261 Å². The zero-order chi connectivity index (χ0) is 74.3. The molecule has 22 rings (SSSR count). The Morgan fingerprint density at radius 2 is 0.651 bits per heavy atom. The summed E-state index contributed by atoms with van der Waals surface area (Å²) in [7, 11) is 0. The minimum atomic E-state index is 0.715. The van der Waals surface area contributed by atoms with Crippen LogP contribution in [0.2, 0.25) is 0 Å². The molecule has 0 spiro atoms. The lowest BCUT2D eigenvalue weighted by Gasteiger charge is -2.05. The molecule has 0 saturated heterocycles.